The predicted molar refractivity (Wildman–Crippen MR) is 104 cm³/mol. The minimum Gasteiger partial charge on any atom is -0.379 e. The molecule has 1 fully saturated rings. The molecule has 0 aromatic carbocycles. The Hall–Kier alpha value is -2.39. The standard InChI is InChI=1S/C18H30N8O/c1-15-22-23-17(25(15)3)13-21-18(20-12-16-4-6-24(2)14-16)19-5-7-26-8-10-27-11-9-26/h4,6,14H,5,7-13H2,1-3H3,(H2,19,20,21). The van der Waals surface area contributed by atoms with E-state index in [1.54, 1.807) is 0 Å². The third-order valence-corrected chi connectivity index (χ3v) is 4.73. The van der Waals surface area contributed by atoms with Crippen molar-refractivity contribution in [3.05, 3.63) is 35.7 Å². The van der Waals surface area contributed by atoms with Crippen molar-refractivity contribution in [2.75, 3.05) is 39.4 Å². The highest BCUT2D eigenvalue weighted by atomic mass is 16.5. The Morgan fingerprint density at radius 2 is 2.04 bits per heavy atom. The van der Waals surface area contributed by atoms with Crippen LogP contribution < -0.4 is 10.6 Å². The molecule has 1 saturated heterocycles. The highest BCUT2D eigenvalue weighted by molar-refractivity contribution is 5.79. The van der Waals surface area contributed by atoms with Gasteiger partial charge in [-0.1, -0.05) is 0 Å². The van der Waals surface area contributed by atoms with E-state index < -0.39 is 0 Å². The Morgan fingerprint density at radius 1 is 1.22 bits per heavy atom. The molecular weight excluding hydrogens is 344 g/mol. The number of hydrogen-bond acceptors (Lipinski definition) is 5. The summed E-state index contributed by atoms with van der Waals surface area (Å²) < 4.78 is 9.42. The van der Waals surface area contributed by atoms with Gasteiger partial charge in [0.25, 0.3) is 0 Å². The first-order chi connectivity index (χ1) is 13.1. The second-order valence-electron chi connectivity index (χ2n) is 6.81. The van der Waals surface area contributed by atoms with Crippen LogP contribution in [-0.4, -0.2) is 69.6 Å². The number of rotatable bonds is 7. The molecule has 0 atom stereocenters. The zero-order valence-electron chi connectivity index (χ0n) is 16.5. The number of nitrogens with zero attached hydrogens (tertiary/aromatic N) is 6. The molecule has 3 heterocycles. The van der Waals surface area contributed by atoms with E-state index in [1.807, 2.05) is 36.4 Å². The van der Waals surface area contributed by atoms with Gasteiger partial charge in [-0.15, -0.1) is 10.2 Å². The molecule has 0 aliphatic carbocycles. The van der Waals surface area contributed by atoms with E-state index in [1.165, 1.54) is 5.56 Å². The maximum Gasteiger partial charge on any atom is 0.192 e. The van der Waals surface area contributed by atoms with E-state index in [0.29, 0.717) is 13.1 Å². The van der Waals surface area contributed by atoms with Crippen LogP contribution in [0.1, 0.15) is 17.2 Å². The quantitative estimate of drug-likeness (QED) is 0.525. The zero-order valence-corrected chi connectivity index (χ0v) is 16.5. The average molecular weight is 374 g/mol. The number of morpholine rings is 1. The summed E-state index contributed by atoms with van der Waals surface area (Å²) in [6, 6.07) is 2.08. The van der Waals surface area contributed by atoms with Crippen LogP contribution in [0.3, 0.4) is 0 Å². The second-order valence-corrected chi connectivity index (χ2v) is 6.81. The molecule has 0 amide bonds. The summed E-state index contributed by atoms with van der Waals surface area (Å²) in [5, 5.41) is 15.1. The van der Waals surface area contributed by atoms with E-state index in [2.05, 4.69) is 38.0 Å². The molecule has 9 heteroatoms. The first-order valence-electron chi connectivity index (χ1n) is 9.40. The predicted octanol–water partition coefficient (Wildman–Crippen LogP) is 0.0296. The van der Waals surface area contributed by atoms with Crippen molar-refractivity contribution in [1.29, 1.82) is 0 Å². The summed E-state index contributed by atoms with van der Waals surface area (Å²) in [7, 11) is 3.99. The molecule has 3 rings (SSSR count). The van der Waals surface area contributed by atoms with Gasteiger partial charge in [-0.2, -0.15) is 0 Å². The number of nitrogens with one attached hydrogen (secondary N) is 2. The van der Waals surface area contributed by atoms with Gasteiger partial charge >= 0.3 is 0 Å². The van der Waals surface area contributed by atoms with Crippen molar-refractivity contribution in [3.63, 3.8) is 0 Å². The third kappa shape index (κ3) is 5.80. The van der Waals surface area contributed by atoms with Crippen molar-refractivity contribution < 1.29 is 4.74 Å². The molecular formula is C18H30N8O. The van der Waals surface area contributed by atoms with Crippen molar-refractivity contribution in [3.8, 4) is 0 Å². The summed E-state index contributed by atoms with van der Waals surface area (Å²) in [6.45, 7) is 8.57. The lowest BCUT2D eigenvalue weighted by Crippen LogP contribution is -2.44. The van der Waals surface area contributed by atoms with E-state index >= 15 is 0 Å². The van der Waals surface area contributed by atoms with Gasteiger partial charge < -0.3 is 24.5 Å². The van der Waals surface area contributed by atoms with Crippen LogP contribution in [0.5, 0.6) is 0 Å². The number of aliphatic imine (C=N–C) groups is 1. The first kappa shape index (κ1) is 19.4. The lowest BCUT2D eigenvalue weighted by atomic mass is 10.3. The molecule has 0 radical (unpaired) electrons. The van der Waals surface area contributed by atoms with E-state index in [0.717, 1.165) is 57.0 Å². The summed E-state index contributed by atoms with van der Waals surface area (Å²) in [6.07, 6.45) is 4.12. The van der Waals surface area contributed by atoms with Crippen LogP contribution in [-0.2, 0) is 31.9 Å². The van der Waals surface area contributed by atoms with E-state index in [4.69, 9.17) is 9.73 Å². The number of hydrogen-bond donors (Lipinski definition) is 2. The molecule has 0 unspecified atom stereocenters. The minimum absolute atomic E-state index is 0.579. The van der Waals surface area contributed by atoms with Gasteiger partial charge in [-0.05, 0) is 18.6 Å². The average Bonchev–Trinajstić information content (AvgIpc) is 3.24. The maximum atomic E-state index is 5.40. The maximum absolute atomic E-state index is 5.40. The number of ether oxygens (including phenoxy) is 1. The Labute approximate surface area is 160 Å². The number of guanidine groups is 1. The summed E-state index contributed by atoms with van der Waals surface area (Å²) in [5.41, 5.74) is 1.18. The Morgan fingerprint density at radius 3 is 2.70 bits per heavy atom. The molecule has 27 heavy (non-hydrogen) atoms. The van der Waals surface area contributed by atoms with Crippen molar-refractivity contribution >= 4 is 5.96 Å². The molecule has 1 aliphatic rings. The zero-order chi connectivity index (χ0) is 19.1. The Kier molecular flexibility index (Phi) is 6.83. The molecule has 2 aromatic rings. The highest BCUT2D eigenvalue weighted by Crippen LogP contribution is 2.02. The SMILES string of the molecule is Cc1nnc(CNC(=NCc2ccn(C)c2)NCCN2CCOCC2)n1C. The van der Waals surface area contributed by atoms with Gasteiger partial charge in [-0.25, -0.2) is 4.99 Å². The molecule has 9 nitrogen and oxygen atoms in total. The largest absolute Gasteiger partial charge is 0.379 e. The van der Waals surface area contributed by atoms with Crippen molar-refractivity contribution in [2.45, 2.75) is 20.0 Å². The number of aromatic nitrogens is 4. The Bertz CT molecular complexity index is 744. The van der Waals surface area contributed by atoms with Crippen LogP contribution >= 0.6 is 0 Å². The molecule has 2 N–H and O–H groups in total. The fourth-order valence-electron chi connectivity index (χ4n) is 2.92. The minimum atomic E-state index is 0.579. The van der Waals surface area contributed by atoms with Crippen LogP contribution in [0.25, 0.3) is 0 Å². The van der Waals surface area contributed by atoms with E-state index in [9.17, 15) is 0 Å². The fraction of sp³-hybridized carbons (Fsp3) is 0.611. The van der Waals surface area contributed by atoms with Crippen LogP contribution in [0, 0.1) is 6.92 Å². The fourth-order valence-corrected chi connectivity index (χ4v) is 2.92. The van der Waals surface area contributed by atoms with Gasteiger partial charge in [0.05, 0.1) is 26.3 Å². The van der Waals surface area contributed by atoms with Gasteiger partial charge in [0, 0.05) is 52.7 Å². The number of aryl methyl sites for hydroxylation is 2. The molecule has 0 spiro atoms. The van der Waals surface area contributed by atoms with Crippen molar-refractivity contribution in [1.82, 2.24) is 34.9 Å². The van der Waals surface area contributed by atoms with Crippen LogP contribution in [0.15, 0.2) is 23.5 Å². The van der Waals surface area contributed by atoms with Gasteiger partial charge in [0.2, 0.25) is 0 Å². The van der Waals surface area contributed by atoms with E-state index in [-0.39, 0.29) is 0 Å². The first-order valence-corrected chi connectivity index (χ1v) is 9.40. The highest BCUT2D eigenvalue weighted by Gasteiger charge is 2.10. The lowest BCUT2D eigenvalue weighted by molar-refractivity contribution is 0.0389. The van der Waals surface area contributed by atoms with Crippen LogP contribution in [0.4, 0.5) is 0 Å². The summed E-state index contributed by atoms with van der Waals surface area (Å²) in [5.74, 6) is 2.57. The molecule has 1 aliphatic heterocycles. The van der Waals surface area contributed by atoms with Gasteiger partial charge in [0.15, 0.2) is 11.8 Å². The second kappa shape index (κ2) is 9.52. The summed E-state index contributed by atoms with van der Waals surface area (Å²) in [4.78, 5) is 7.12. The lowest BCUT2D eigenvalue weighted by Gasteiger charge is -2.26. The molecule has 0 bridgehead atoms. The smallest absolute Gasteiger partial charge is 0.192 e. The van der Waals surface area contributed by atoms with Crippen molar-refractivity contribution in [2.24, 2.45) is 19.1 Å². The van der Waals surface area contributed by atoms with Gasteiger partial charge in [-0.3, -0.25) is 4.90 Å². The third-order valence-electron chi connectivity index (χ3n) is 4.73. The molecule has 148 valence electrons. The summed E-state index contributed by atoms with van der Waals surface area (Å²) >= 11 is 0. The normalized spacial score (nSPS) is 15.9. The topological polar surface area (TPSA) is 84.5 Å². The Balaban J connectivity index is 1.55. The molecule has 2 aromatic heterocycles. The van der Waals surface area contributed by atoms with Crippen LogP contribution in [0.2, 0.25) is 0 Å². The molecule has 0 saturated carbocycles. The van der Waals surface area contributed by atoms with Gasteiger partial charge in [0.1, 0.15) is 5.82 Å². The monoisotopic (exact) mass is 374 g/mol.